The van der Waals surface area contributed by atoms with Gasteiger partial charge in [0.15, 0.2) is 5.82 Å². The topological polar surface area (TPSA) is 43.6 Å². The molecule has 15 heavy (non-hydrogen) atoms. The van der Waals surface area contributed by atoms with Crippen LogP contribution in [0.15, 0.2) is 30.9 Å². The first kappa shape index (κ1) is 9.83. The third-order valence-corrected chi connectivity index (χ3v) is 2.19. The summed E-state index contributed by atoms with van der Waals surface area (Å²) >= 11 is 0. The molecule has 2 aromatic rings. The molecule has 0 atom stereocenters. The molecule has 0 amide bonds. The Bertz CT molecular complexity index is 423. The van der Waals surface area contributed by atoms with Crippen LogP contribution in [0, 0.1) is 0 Å². The van der Waals surface area contributed by atoms with Crippen LogP contribution in [0.25, 0.3) is 5.82 Å². The summed E-state index contributed by atoms with van der Waals surface area (Å²) in [5.41, 5.74) is 1.03. The molecule has 0 N–H and O–H groups in total. The second-order valence-electron chi connectivity index (χ2n) is 4.50. The SMILES string of the molecule is CC(C)(C)c1ccc(-n2ccnc2)nn1. The maximum absolute atomic E-state index is 4.21. The molecule has 0 radical (unpaired) electrons. The lowest BCUT2D eigenvalue weighted by atomic mass is 9.92. The average molecular weight is 202 g/mol. The van der Waals surface area contributed by atoms with E-state index in [-0.39, 0.29) is 5.41 Å². The predicted molar refractivity (Wildman–Crippen MR) is 57.9 cm³/mol. The van der Waals surface area contributed by atoms with Crippen molar-refractivity contribution in [2.24, 2.45) is 0 Å². The molecule has 0 aliphatic carbocycles. The zero-order valence-electron chi connectivity index (χ0n) is 9.18. The summed E-state index contributed by atoms with van der Waals surface area (Å²) in [6.45, 7) is 6.36. The molecule has 0 spiro atoms. The lowest BCUT2D eigenvalue weighted by Gasteiger charge is -2.16. The van der Waals surface area contributed by atoms with Crippen molar-refractivity contribution in [2.75, 3.05) is 0 Å². The molecule has 0 unspecified atom stereocenters. The van der Waals surface area contributed by atoms with E-state index in [0.29, 0.717) is 0 Å². The third kappa shape index (κ3) is 2.03. The van der Waals surface area contributed by atoms with Crippen molar-refractivity contribution >= 4 is 0 Å². The fourth-order valence-electron chi connectivity index (χ4n) is 1.26. The summed E-state index contributed by atoms with van der Waals surface area (Å²) in [5, 5.41) is 8.37. The van der Waals surface area contributed by atoms with Gasteiger partial charge in [-0.05, 0) is 12.1 Å². The molecule has 2 aromatic heterocycles. The molecule has 0 fully saturated rings. The fourth-order valence-corrected chi connectivity index (χ4v) is 1.26. The first-order chi connectivity index (χ1) is 7.07. The van der Waals surface area contributed by atoms with Crippen molar-refractivity contribution in [3.63, 3.8) is 0 Å². The Balaban J connectivity index is 2.33. The van der Waals surface area contributed by atoms with Gasteiger partial charge in [-0.2, -0.15) is 5.10 Å². The highest BCUT2D eigenvalue weighted by atomic mass is 15.2. The van der Waals surface area contributed by atoms with Crippen molar-refractivity contribution in [3.8, 4) is 5.82 Å². The van der Waals surface area contributed by atoms with Gasteiger partial charge in [0.2, 0.25) is 0 Å². The van der Waals surface area contributed by atoms with Crippen molar-refractivity contribution < 1.29 is 0 Å². The van der Waals surface area contributed by atoms with E-state index >= 15 is 0 Å². The van der Waals surface area contributed by atoms with Crippen LogP contribution in [0.1, 0.15) is 26.5 Å². The van der Waals surface area contributed by atoms with Crippen LogP contribution in [-0.4, -0.2) is 19.7 Å². The quantitative estimate of drug-likeness (QED) is 0.710. The summed E-state index contributed by atoms with van der Waals surface area (Å²) in [5.74, 6) is 0.792. The Morgan fingerprint density at radius 2 is 1.93 bits per heavy atom. The van der Waals surface area contributed by atoms with E-state index < -0.39 is 0 Å². The molecule has 78 valence electrons. The van der Waals surface area contributed by atoms with E-state index in [1.165, 1.54) is 0 Å². The van der Waals surface area contributed by atoms with Gasteiger partial charge in [0.25, 0.3) is 0 Å². The number of imidazole rings is 1. The Morgan fingerprint density at radius 3 is 2.40 bits per heavy atom. The van der Waals surface area contributed by atoms with Crippen LogP contribution >= 0.6 is 0 Å². The van der Waals surface area contributed by atoms with Gasteiger partial charge in [-0.1, -0.05) is 20.8 Å². The highest BCUT2D eigenvalue weighted by Gasteiger charge is 2.15. The van der Waals surface area contributed by atoms with E-state index in [9.17, 15) is 0 Å². The molecule has 2 heterocycles. The molecule has 0 bridgehead atoms. The summed E-state index contributed by atoms with van der Waals surface area (Å²) in [7, 11) is 0. The lowest BCUT2D eigenvalue weighted by Crippen LogP contribution is -2.14. The van der Waals surface area contributed by atoms with Crippen molar-refractivity contribution in [3.05, 3.63) is 36.5 Å². The number of hydrogen-bond acceptors (Lipinski definition) is 3. The number of nitrogens with zero attached hydrogens (tertiary/aromatic N) is 4. The van der Waals surface area contributed by atoms with Gasteiger partial charge in [0, 0.05) is 17.8 Å². The van der Waals surface area contributed by atoms with Crippen LogP contribution in [0.3, 0.4) is 0 Å². The minimum atomic E-state index is 0.0421. The van der Waals surface area contributed by atoms with Crippen LogP contribution in [0.4, 0.5) is 0 Å². The largest absolute Gasteiger partial charge is 0.289 e. The van der Waals surface area contributed by atoms with E-state index in [0.717, 1.165) is 11.5 Å². The summed E-state index contributed by atoms with van der Waals surface area (Å²) in [4.78, 5) is 3.96. The van der Waals surface area contributed by atoms with E-state index in [2.05, 4.69) is 36.0 Å². The maximum Gasteiger partial charge on any atom is 0.160 e. The number of aromatic nitrogens is 4. The second kappa shape index (κ2) is 3.46. The molecular weight excluding hydrogens is 188 g/mol. The molecule has 4 nitrogen and oxygen atoms in total. The Hall–Kier alpha value is -1.71. The molecule has 0 saturated heterocycles. The smallest absolute Gasteiger partial charge is 0.160 e. The van der Waals surface area contributed by atoms with Gasteiger partial charge >= 0.3 is 0 Å². The average Bonchev–Trinajstić information content (AvgIpc) is 2.69. The van der Waals surface area contributed by atoms with Crippen molar-refractivity contribution in [1.82, 2.24) is 19.7 Å². The monoisotopic (exact) mass is 202 g/mol. The first-order valence-corrected chi connectivity index (χ1v) is 4.90. The standard InChI is InChI=1S/C11H14N4/c1-11(2,3)9-4-5-10(14-13-9)15-7-6-12-8-15/h4-8H,1-3H3. The summed E-state index contributed by atoms with van der Waals surface area (Å²) in [6.07, 6.45) is 5.28. The van der Waals surface area contributed by atoms with Gasteiger partial charge in [0.05, 0.1) is 5.69 Å². The first-order valence-electron chi connectivity index (χ1n) is 4.90. The van der Waals surface area contributed by atoms with E-state index in [4.69, 9.17) is 0 Å². The molecule has 2 rings (SSSR count). The van der Waals surface area contributed by atoms with Crippen LogP contribution in [-0.2, 0) is 5.41 Å². The van der Waals surface area contributed by atoms with Gasteiger partial charge < -0.3 is 0 Å². The number of hydrogen-bond donors (Lipinski definition) is 0. The van der Waals surface area contributed by atoms with Crippen LogP contribution < -0.4 is 0 Å². The normalized spacial score (nSPS) is 11.7. The molecule has 0 aromatic carbocycles. The van der Waals surface area contributed by atoms with Gasteiger partial charge in [-0.3, -0.25) is 4.57 Å². The number of rotatable bonds is 1. The third-order valence-electron chi connectivity index (χ3n) is 2.19. The van der Waals surface area contributed by atoms with Crippen LogP contribution in [0.2, 0.25) is 0 Å². The molecule has 0 saturated carbocycles. The van der Waals surface area contributed by atoms with Gasteiger partial charge in [-0.15, -0.1) is 5.10 Å². The van der Waals surface area contributed by atoms with Crippen molar-refractivity contribution in [1.29, 1.82) is 0 Å². The highest BCUT2D eigenvalue weighted by molar-refractivity contribution is 5.23. The molecular formula is C11H14N4. The second-order valence-corrected chi connectivity index (χ2v) is 4.50. The zero-order valence-corrected chi connectivity index (χ0v) is 9.18. The Morgan fingerprint density at radius 1 is 1.13 bits per heavy atom. The maximum atomic E-state index is 4.21. The van der Waals surface area contributed by atoms with Crippen LogP contribution in [0.5, 0.6) is 0 Å². The molecule has 0 aliphatic rings. The zero-order chi connectivity index (χ0) is 10.9. The van der Waals surface area contributed by atoms with Gasteiger partial charge in [-0.25, -0.2) is 4.98 Å². The van der Waals surface area contributed by atoms with Crippen molar-refractivity contribution in [2.45, 2.75) is 26.2 Å². The van der Waals surface area contributed by atoms with Gasteiger partial charge in [0.1, 0.15) is 6.33 Å². The van der Waals surface area contributed by atoms with E-state index in [1.54, 1.807) is 12.5 Å². The minimum absolute atomic E-state index is 0.0421. The summed E-state index contributed by atoms with van der Waals surface area (Å²) < 4.78 is 1.83. The molecule has 0 aliphatic heterocycles. The highest BCUT2D eigenvalue weighted by Crippen LogP contribution is 2.19. The predicted octanol–water partition coefficient (Wildman–Crippen LogP) is 1.96. The summed E-state index contributed by atoms with van der Waals surface area (Å²) in [6, 6.07) is 3.96. The lowest BCUT2D eigenvalue weighted by molar-refractivity contribution is 0.557. The Kier molecular flexibility index (Phi) is 2.26. The Labute approximate surface area is 89.0 Å². The molecule has 4 heteroatoms. The fraction of sp³-hybridized carbons (Fsp3) is 0.364. The minimum Gasteiger partial charge on any atom is -0.289 e. The van der Waals surface area contributed by atoms with E-state index in [1.807, 2.05) is 22.9 Å².